The Labute approximate surface area is 97.8 Å². The van der Waals surface area contributed by atoms with Crippen molar-refractivity contribution in [3.63, 3.8) is 0 Å². The lowest BCUT2D eigenvalue weighted by Gasteiger charge is -2.08. The molecule has 16 heavy (non-hydrogen) atoms. The largest absolute Gasteiger partial charge is 0.313 e. The van der Waals surface area contributed by atoms with E-state index in [9.17, 15) is 10.1 Å². The summed E-state index contributed by atoms with van der Waals surface area (Å²) >= 11 is 1.46. The number of hydrogen-bond acceptors (Lipinski definition) is 5. The van der Waals surface area contributed by atoms with Crippen LogP contribution in [0, 0.1) is 10.1 Å². The molecule has 5 nitrogen and oxygen atoms in total. The van der Waals surface area contributed by atoms with Crippen LogP contribution in [0.25, 0.3) is 0 Å². The number of nitrogens with zero attached hydrogens (tertiary/aromatic N) is 2. The summed E-state index contributed by atoms with van der Waals surface area (Å²) in [5, 5.41) is 14.6. The van der Waals surface area contributed by atoms with E-state index in [1.807, 2.05) is 0 Å². The molecule has 0 radical (unpaired) electrons. The molecule has 0 spiro atoms. The van der Waals surface area contributed by atoms with Crippen molar-refractivity contribution in [1.82, 2.24) is 10.3 Å². The van der Waals surface area contributed by atoms with Crippen molar-refractivity contribution in [2.45, 2.75) is 23.9 Å². The van der Waals surface area contributed by atoms with E-state index in [1.165, 1.54) is 24.2 Å². The van der Waals surface area contributed by atoms with Crippen molar-refractivity contribution >= 4 is 17.4 Å². The zero-order valence-electron chi connectivity index (χ0n) is 8.76. The Bertz CT molecular complexity index is 380. The fraction of sp³-hybridized carbons (Fsp3) is 0.500. The Morgan fingerprint density at radius 2 is 2.56 bits per heavy atom. The molecule has 0 aliphatic carbocycles. The highest BCUT2D eigenvalue weighted by Gasteiger charge is 2.18. The minimum absolute atomic E-state index is 0.102. The third-order valence-electron chi connectivity index (χ3n) is 2.53. The summed E-state index contributed by atoms with van der Waals surface area (Å²) in [6, 6.07) is 3.56. The Hall–Kier alpha value is -1.14. The molecule has 1 N–H and O–H groups in total. The van der Waals surface area contributed by atoms with E-state index < -0.39 is 0 Å². The third kappa shape index (κ3) is 2.70. The van der Waals surface area contributed by atoms with Crippen molar-refractivity contribution in [3.8, 4) is 0 Å². The van der Waals surface area contributed by atoms with Gasteiger partial charge in [0.25, 0.3) is 0 Å². The monoisotopic (exact) mass is 239 g/mol. The van der Waals surface area contributed by atoms with Gasteiger partial charge in [-0.15, -0.1) is 0 Å². The number of aromatic nitrogens is 1. The summed E-state index contributed by atoms with van der Waals surface area (Å²) < 4.78 is 0. The molecule has 86 valence electrons. The topological polar surface area (TPSA) is 68.1 Å². The van der Waals surface area contributed by atoms with Crippen molar-refractivity contribution in [3.05, 3.63) is 28.4 Å². The summed E-state index contributed by atoms with van der Waals surface area (Å²) in [5.74, 6) is 0.845. The Morgan fingerprint density at radius 1 is 1.69 bits per heavy atom. The molecule has 1 unspecified atom stereocenters. The molecule has 1 fully saturated rings. The molecule has 1 aromatic rings. The lowest BCUT2D eigenvalue weighted by Crippen LogP contribution is -2.23. The van der Waals surface area contributed by atoms with Gasteiger partial charge in [0.2, 0.25) is 0 Å². The highest BCUT2D eigenvalue weighted by Crippen LogP contribution is 2.27. The first kappa shape index (κ1) is 11.3. The minimum Gasteiger partial charge on any atom is -0.313 e. The second kappa shape index (κ2) is 5.27. The number of thioether (sulfide) groups is 1. The SMILES string of the molecule is O=[N+]([O-])c1cccnc1SCC1CCCN1. The number of rotatable bonds is 4. The number of hydrogen-bond donors (Lipinski definition) is 1. The summed E-state index contributed by atoms with van der Waals surface area (Å²) in [5.41, 5.74) is 0.102. The number of nitrogens with one attached hydrogen (secondary N) is 1. The molecule has 0 bridgehead atoms. The van der Waals surface area contributed by atoms with E-state index >= 15 is 0 Å². The molecule has 1 saturated heterocycles. The summed E-state index contributed by atoms with van der Waals surface area (Å²) in [6.07, 6.45) is 3.93. The Morgan fingerprint density at radius 3 is 3.25 bits per heavy atom. The van der Waals surface area contributed by atoms with E-state index in [4.69, 9.17) is 0 Å². The molecule has 1 aliphatic rings. The predicted molar refractivity (Wildman–Crippen MR) is 62.6 cm³/mol. The van der Waals surface area contributed by atoms with Crippen molar-refractivity contribution in [2.24, 2.45) is 0 Å². The van der Waals surface area contributed by atoms with Gasteiger partial charge in [0.15, 0.2) is 5.03 Å². The van der Waals surface area contributed by atoms with Crippen LogP contribution in [0.15, 0.2) is 23.4 Å². The fourth-order valence-corrected chi connectivity index (χ4v) is 2.78. The average Bonchev–Trinajstić information content (AvgIpc) is 2.79. The molecule has 0 amide bonds. The highest BCUT2D eigenvalue weighted by molar-refractivity contribution is 7.99. The smallest absolute Gasteiger partial charge is 0.301 e. The number of nitro groups is 1. The third-order valence-corrected chi connectivity index (χ3v) is 3.69. The van der Waals surface area contributed by atoms with E-state index in [0.29, 0.717) is 11.1 Å². The maximum atomic E-state index is 10.8. The van der Waals surface area contributed by atoms with Gasteiger partial charge in [-0.05, 0) is 25.5 Å². The van der Waals surface area contributed by atoms with Crippen LogP contribution in [0.3, 0.4) is 0 Å². The summed E-state index contributed by atoms with van der Waals surface area (Å²) in [4.78, 5) is 14.4. The van der Waals surface area contributed by atoms with Gasteiger partial charge in [-0.2, -0.15) is 0 Å². The minimum atomic E-state index is -0.378. The van der Waals surface area contributed by atoms with Crippen LogP contribution in [0.5, 0.6) is 0 Å². The first-order valence-electron chi connectivity index (χ1n) is 5.23. The standard InChI is InChI=1S/C10H13N3O2S/c14-13(15)9-4-2-6-12-10(9)16-7-8-3-1-5-11-8/h2,4,6,8,11H,1,3,5,7H2. The maximum Gasteiger partial charge on any atom is 0.301 e. The quantitative estimate of drug-likeness (QED) is 0.493. The van der Waals surface area contributed by atoms with E-state index in [2.05, 4.69) is 10.3 Å². The first-order chi connectivity index (χ1) is 7.77. The molecule has 0 saturated carbocycles. The van der Waals surface area contributed by atoms with Crippen LogP contribution in [0.4, 0.5) is 5.69 Å². The van der Waals surface area contributed by atoms with Crippen molar-refractivity contribution < 1.29 is 4.92 Å². The lowest BCUT2D eigenvalue weighted by molar-refractivity contribution is -0.388. The van der Waals surface area contributed by atoms with Gasteiger partial charge in [0.05, 0.1) is 4.92 Å². The predicted octanol–water partition coefficient (Wildman–Crippen LogP) is 1.83. The second-order valence-corrected chi connectivity index (χ2v) is 4.70. The normalized spacial score (nSPS) is 19.9. The maximum absolute atomic E-state index is 10.8. The first-order valence-corrected chi connectivity index (χ1v) is 6.21. The van der Waals surface area contributed by atoms with Crippen molar-refractivity contribution in [2.75, 3.05) is 12.3 Å². The molecule has 1 atom stereocenters. The van der Waals surface area contributed by atoms with Gasteiger partial charge in [-0.1, -0.05) is 11.8 Å². The van der Waals surface area contributed by atoms with Crippen LogP contribution in [0.2, 0.25) is 0 Å². The van der Waals surface area contributed by atoms with E-state index in [0.717, 1.165) is 18.7 Å². The van der Waals surface area contributed by atoms with Gasteiger partial charge in [0, 0.05) is 24.1 Å². The van der Waals surface area contributed by atoms with Crippen LogP contribution in [0.1, 0.15) is 12.8 Å². The molecular formula is C10H13N3O2S. The van der Waals surface area contributed by atoms with Gasteiger partial charge in [0.1, 0.15) is 0 Å². The van der Waals surface area contributed by atoms with Crippen LogP contribution in [-0.4, -0.2) is 28.2 Å². The van der Waals surface area contributed by atoms with Gasteiger partial charge >= 0.3 is 5.69 Å². The Balaban J connectivity index is 2.00. The van der Waals surface area contributed by atoms with Gasteiger partial charge < -0.3 is 5.32 Å². The van der Waals surface area contributed by atoms with Crippen LogP contribution in [-0.2, 0) is 0 Å². The summed E-state index contributed by atoms with van der Waals surface area (Å²) in [7, 11) is 0. The molecule has 0 aromatic carbocycles. The molecular weight excluding hydrogens is 226 g/mol. The highest BCUT2D eigenvalue weighted by atomic mass is 32.2. The summed E-state index contributed by atoms with van der Waals surface area (Å²) in [6.45, 7) is 1.05. The van der Waals surface area contributed by atoms with Crippen LogP contribution < -0.4 is 5.32 Å². The zero-order valence-corrected chi connectivity index (χ0v) is 9.57. The number of pyridine rings is 1. The average molecular weight is 239 g/mol. The van der Waals surface area contributed by atoms with E-state index in [-0.39, 0.29) is 10.6 Å². The van der Waals surface area contributed by atoms with Gasteiger partial charge in [-0.3, -0.25) is 10.1 Å². The van der Waals surface area contributed by atoms with Crippen molar-refractivity contribution in [1.29, 1.82) is 0 Å². The molecule has 2 rings (SSSR count). The molecule has 6 heteroatoms. The molecule has 1 aliphatic heterocycles. The second-order valence-electron chi connectivity index (χ2n) is 3.69. The lowest BCUT2D eigenvalue weighted by atomic mass is 10.3. The fourth-order valence-electron chi connectivity index (χ4n) is 1.71. The van der Waals surface area contributed by atoms with Gasteiger partial charge in [-0.25, -0.2) is 4.98 Å². The Kier molecular flexibility index (Phi) is 3.74. The molecule has 1 aromatic heterocycles. The molecule has 2 heterocycles. The zero-order chi connectivity index (χ0) is 11.4. The van der Waals surface area contributed by atoms with Crippen LogP contribution >= 0.6 is 11.8 Å². The van der Waals surface area contributed by atoms with E-state index in [1.54, 1.807) is 12.3 Å².